The summed E-state index contributed by atoms with van der Waals surface area (Å²) >= 11 is 3.65. The Morgan fingerprint density at radius 2 is 2.07 bits per heavy atom. The molecule has 0 saturated carbocycles. The third-order valence-corrected chi connectivity index (χ3v) is 4.80. The van der Waals surface area contributed by atoms with Crippen LogP contribution in [0.15, 0.2) is 0 Å². The van der Waals surface area contributed by atoms with Gasteiger partial charge in [-0.15, -0.1) is 11.3 Å². The number of nitrogens with zero attached hydrogens (tertiary/aromatic N) is 2. The molecule has 3 heterocycles. The van der Waals surface area contributed by atoms with Gasteiger partial charge in [0.05, 0.1) is 5.39 Å². The summed E-state index contributed by atoms with van der Waals surface area (Å²) in [5, 5.41) is 1.03. The average Bonchev–Trinajstić information content (AvgIpc) is 2.54. The molecule has 3 rings (SSSR count). The minimum atomic E-state index is 0.270. The van der Waals surface area contributed by atoms with Crippen molar-refractivity contribution < 1.29 is 0 Å². The van der Waals surface area contributed by atoms with E-state index >= 15 is 0 Å². The van der Waals surface area contributed by atoms with Crippen LogP contribution in [-0.4, -0.2) is 15.7 Å². The van der Waals surface area contributed by atoms with Gasteiger partial charge in [0.2, 0.25) is 5.95 Å². The van der Waals surface area contributed by atoms with Gasteiger partial charge in [-0.2, -0.15) is 16.7 Å². The Hall–Kier alpha value is -1.01. The van der Waals surface area contributed by atoms with E-state index in [1.807, 2.05) is 11.8 Å². The molecule has 0 aliphatic carbocycles. The number of thioether (sulfide) groups is 1. The molecule has 15 heavy (non-hydrogen) atoms. The van der Waals surface area contributed by atoms with Crippen LogP contribution in [0.1, 0.15) is 10.4 Å². The van der Waals surface area contributed by atoms with Crippen LogP contribution in [0.3, 0.4) is 0 Å². The highest BCUT2D eigenvalue weighted by Gasteiger charge is 2.19. The minimum Gasteiger partial charge on any atom is -0.383 e. The standard InChI is InChI=1S/C9H10N4S2/c10-7-6-4-1-2-14-3-5(4)15-8(6)13-9(11)12-7/h1-3H2,(H4,10,11,12,13). The normalized spacial score (nSPS) is 15.5. The summed E-state index contributed by atoms with van der Waals surface area (Å²) in [7, 11) is 0. The SMILES string of the molecule is Nc1nc(N)c2c3c(sc2n1)CSCC3. The van der Waals surface area contributed by atoms with E-state index in [0.29, 0.717) is 5.82 Å². The van der Waals surface area contributed by atoms with Gasteiger partial charge in [0, 0.05) is 10.6 Å². The van der Waals surface area contributed by atoms with Crippen molar-refractivity contribution >= 4 is 45.1 Å². The first-order valence-electron chi connectivity index (χ1n) is 4.66. The zero-order chi connectivity index (χ0) is 10.4. The van der Waals surface area contributed by atoms with E-state index < -0.39 is 0 Å². The molecule has 0 atom stereocenters. The lowest BCUT2D eigenvalue weighted by Gasteiger charge is -2.10. The summed E-state index contributed by atoms with van der Waals surface area (Å²) in [6, 6.07) is 0. The molecule has 78 valence electrons. The Balaban J connectivity index is 2.37. The topological polar surface area (TPSA) is 77.8 Å². The summed E-state index contributed by atoms with van der Waals surface area (Å²) in [6.07, 6.45) is 1.07. The second-order valence-corrected chi connectivity index (χ2v) is 5.64. The molecule has 1 aliphatic rings. The van der Waals surface area contributed by atoms with Crippen molar-refractivity contribution in [3.63, 3.8) is 0 Å². The summed E-state index contributed by atoms with van der Waals surface area (Å²) in [4.78, 5) is 10.6. The van der Waals surface area contributed by atoms with Crippen molar-refractivity contribution in [1.82, 2.24) is 9.97 Å². The van der Waals surface area contributed by atoms with Crippen LogP contribution >= 0.6 is 23.1 Å². The molecule has 0 fully saturated rings. The first-order chi connectivity index (χ1) is 7.25. The number of anilines is 2. The van der Waals surface area contributed by atoms with Crippen LogP contribution in [0.25, 0.3) is 10.2 Å². The molecule has 4 nitrogen and oxygen atoms in total. The summed E-state index contributed by atoms with van der Waals surface area (Å²) in [5.74, 6) is 3.02. The highest BCUT2D eigenvalue weighted by Crippen LogP contribution is 2.39. The number of aryl methyl sites for hydroxylation is 1. The second-order valence-electron chi connectivity index (χ2n) is 3.45. The predicted molar refractivity (Wildman–Crippen MR) is 66.1 cm³/mol. The molecule has 2 aromatic rings. The molecule has 0 radical (unpaired) electrons. The lowest BCUT2D eigenvalue weighted by atomic mass is 10.1. The molecule has 0 spiro atoms. The maximum absolute atomic E-state index is 5.89. The zero-order valence-electron chi connectivity index (χ0n) is 7.99. The quantitative estimate of drug-likeness (QED) is 0.729. The number of hydrogen-bond donors (Lipinski definition) is 2. The average molecular weight is 238 g/mol. The highest BCUT2D eigenvalue weighted by molar-refractivity contribution is 7.98. The third kappa shape index (κ3) is 1.36. The molecule has 2 aromatic heterocycles. The maximum atomic E-state index is 5.89. The Kier molecular flexibility index (Phi) is 2.00. The number of hydrogen-bond acceptors (Lipinski definition) is 6. The number of aromatic nitrogens is 2. The van der Waals surface area contributed by atoms with Crippen molar-refractivity contribution in [1.29, 1.82) is 0 Å². The molecule has 0 bridgehead atoms. The van der Waals surface area contributed by atoms with Gasteiger partial charge in [0.1, 0.15) is 10.6 Å². The van der Waals surface area contributed by atoms with Gasteiger partial charge in [0.25, 0.3) is 0 Å². The second kappa shape index (κ2) is 3.24. The minimum absolute atomic E-state index is 0.270. The van der Waals surface area contributed by atoms with Crippen molar-refractivity contribution in [2.75, 3.05) is 17.2 Å². The Morgan fingerprint density at radius 3 is 2.93 bits per heavy atom. The van der Waals surface area contributed by atoms with Crippen molar-refractivity contribution in [3.8, 4) is 0 Å². The maximum Gasteiger partial charge on any atom is 0.223 e. The van der Waals surface area contributed by atoms with Crippen LogP contribution in [0.5, 0.6) is 0 Å². The Labute approximate surface area is 95.1 Å². The molecule has 4 N–H and O–H groups in total. The number of nitrogen functional groups attached to an aromatic ring is 2. The molecule has 6 heteroatoms. The Bertz CT molecular complexity index is 534. The fraction of sp³-hybridized carbons (Fsp3) is 0.333. The van der Waals surface area contributed by atoms with Crippen LogP contribution in [0.2, 0.25) is 0 Å². The molecule has 1 aliphatic heterocycles. The van der Waals surface area contributed by atoms with E-state index in [2.05, 4.69) is 9.97 Å². The highest BCUT2D eigenvalue weighted by atomic mass is 32.2. The van der Waals surface area contributed by atoms with Crippen molar-refractivity contribution in [3.05, 3.63) is 10.4 Å². The van der Waals surface area contributed by atoms with Gasteiger partial charge in [-0.05, 0) is 17.7 Å². The monoisotopic (exact) mass is 238 g/mol. The molecule has 0 aromatic carbocycles. The molecule has 0 unspecified atom stereocenters. The first kappa shape index (κ1) is 9.23. The smallest absolute Gasteiger partial charge is 0.223 e. The van der Waals surface area contributed by atoms with Crippen LogP contribution in [-0.2, 0) is 12.2 Å². The Morgan fingerprint density at radius 1 is 1.20 bits per heavy atom. The van der Waals surface area contributed by atoms with Crippen molar-refractivity contribution in [2.45, 2.75) is 12.2 Å². The number of fused-ring (bicyclic) bond motifs is 3. The number of thiophene rings is 1. The van der Waals surface area contributed by atoms with Gasteiger partial charge < -0.3 is 11.5 Å². The number of rotatable bonds is 0. The lowest BCUT2D eigenvalue weighted by molar-refractivity contribution is 1.13. The van der Waals surface area contributed by atoms with Crippen LogP contribution in [0, 0.1) is 0 Å². The molecular formula is C9H10N4S2. The lowest BCUT2D eigenvalue weighted by Crippen LogP contribution is -2.02. The first-order valence-corrected chi connectivity index (χ1v) is 6.64. The van der Waals surface area contributed by atoms with Crippen molar-refractivity contribution in [2.24, 2.45) is 0 Å². The fourth-order valence-electron chi connectivity index (χ4n) is 1.87. The van der Waals surface area contributed by atoms with Crippen LogP contribution in [0.4, 0.5) is 11.8 Å². The van der Waals surface area contributed by atoms with Gasteiger partial charge in [-0.25, -0.2) is 4.98 Å². The van der Waals surface area contributed by atoms with E-state index in [1.165, 1.54) is 10.4 Å². The summed E-state index contributed by atoms with van der Waals surface area (Å²) in [6.45, 7) is 0. The van der Waals surface area contributed by atoms with Gasteiger partial charge in [-0.1, -0.05) is 0 Å². The van der Waals surface area contributed by atoms with E-state index in [4.69, 9.17) is 11.5 Å². The van der Waals surface area contributed by atoms with E-state index in [9.17, 15) is 0 Å². The summed E-state index contributed by atoms with van der Waals surface area (Å²) in [5.41, 5.74) is 12.8. The van der Waals surface area contributed by atoms with Gasteiger partial charge in [-0.3, -0.25) is 0 Å². The van der Waals surface area contributed by atoms with Gasteiger partial charge >= 0.3 is 0 Å². The van der Waals surface area contributed by atoms with E-state index in [1.54, 1.807) is 11.3 Å². The number of nitrogens with two attached hydrogens (primary N) is 2. The van der Waals surface area contributed by atoms with E-state index in [0.717, 1.165) is 28.1 Å². The zero-order valence-corrected chi connectivity index (χ0v) is 9.62. The van der Waals surface area contributed by atoms with Crippen LogP contribution < -0.4 is 11.5 Å². The third-order valence-electron chi connectivity index (χ3n) is 2.51. The summed E-state index contributed by atoms with van der Waals surface area (Å²) < 4.78 is 0. The fourth-order valence-corrected chi connectivity index (χ4v) is 4.24. The molecular weight excluding hydrogens is 228 g/mol. The van der Waals surface area contributed by atoms with Gasteiger partial charge in [0.15, 0.2) is 0 Å². The largest absolute Gasteiger partial charge is 0.383 e. The van der Waals surface area contributed by atoms with E-state index in [-0.39, 0.29) is 5.95 Å². The molecule has 0 amide bonds. The predicted octanol–water partition coefficient (Wildman–Crippen LogP) is 1.65. The molecule has 0 saturated heterocycles.